The highest BCUT2D eigenvalue weighted by atomic mass is 31.2. The van der Waals surface area contributed by atoms with E-state index in [0.29, 0.717) is 13.0 Å². The molecule has 1 rings (SSSR count). The number of likely N-dealkylation sites (tertiary alicyclic amines) is 1. The molecular weight excluding hydrogens is 225 g/mol. The summed E-state index contributed by atoms with van der Waals surface area (Å²) in [7, 11) is -4.60. The molecule has 1 unspecified atom stereocenters. The molecule has 0 spiro atoms. The van der Waals surface area contributed by atoms with Crippen LogP contribution >= 0.6 is 7.82 Å². The third kappa shape index (κ3) is 3.89. The van der Waals surface area contributed by atoms with Crippen LogP contribution in [0.5, 0.6) is 0 Å². The Kier molecular flexibility index (Phi) is 4.24. The molecule has 1 aliphatic heterocycles. The van der Waals surface area contributed by atoms with E-state index >= 15 is 0 Å². The van der Waals surface area contributed by atoms with Gasteiger partial charge in [0.2, 0.25) is 5.91 Å². The topological polar surface area (TPSA) is 107 Å². The minimum Gasteiger partial charge on any atom is -0.394 e. The van der Waals surface area contributed by atoms with Crippen molar-refractivity contribution >= 4 is 13.7 Å². The van der Waals surface area contributed by atoms with Gasteiger partial charge in [-0.3, -0.25) is 9.32 Å². The maximum atomic E-state index is 11.4. The van der Waals surface area contributed by atoms with Crippen LogP contribution in [0.25, 0.3) is 0 Å². The van der Waals surface area contributed by atoms with Crippen LogP contribution in [0.3, 0.4) is 0 Å². The van der Waals surface area contributed by atoms with Crippen molar-refractivity contribution in [2.45, 2.75) is 18.9 Å². The molecule has 8 heteroatoms. The second-order valence-corrected chi connectivity index (χ2v) is 4.57. The number of aliphatic hydroxyl groups is 1. The van der Waals surface area contributed by atoms with E-state index in [0.717, 1.165) is 6.42 Å². The summed E-state index contributed by atoms with van der Waals surface area (Å²) in [5.74, 6) is -0.505. The molecule has 15 heavy (non-hydrogen) atoms. The quantitative estimate of drug-likeness (QED) is 0.547. The van der Waals surface area contributed by atoms with Crippen molar-refractivity contribution in [2.75, 3.05) is 19.8 Å². The second-order valence-electron chi connectivity index (χ2n) is 3.33. The maximum Gasteiger partial charge on any atom is 0.470 e. The highest BCUT2D eigenvalue weighted by Gasteiger charge is 2.29. The number of nitrogens with zero attached hydrogens (tertiary/aromatic N) is 1. The summed E-state index contributed by atoms with van der Waals surface area (Å²) in [4.78, 5) is 29.6. The van der Waals surface area contributed by atoms with Crippen LogP contribution in [0.15, 0.2) is 0 Å². The van der Waals surface area contributed by atoms with Crippen molar-refractivity contribution in [3.63, 3.8) is 0 Å². The predicted octanol–water partition coefficient (Wildman–Crippen LogP) is -0.921. The smallest absolute Gasteiger partial charge is 0.394 e. The highest BCUT2D eigenvalue weighted by molar-refractivity contribution is 7.46. The summed E-state index contributed by atoms with van der Waals surface area (Å²) in [6.07, 6.45) is 1.49. The first-order valence-corrected chi connectivity index (χ1v) is 6.07. The summed E-state index contributed by atoms with van der Waals surface area (Å²) in [5.41, 5.74) is 0. The number of hydrogen-bond acceptors (Lipinski definition) is 4. The number of carbonyl (C=O) groups excluding carboxylic acids is 1. The van der Waals surface area contributed by atoms with Gasteiger partial charge in [-0.2, -0.15) is 0 Å². The van der Waals surface area contributed by atoms with Crippen molar-refractivity contribution in [2.24, 2.45) is 0 Å². The first kappa shape index (κ1) is 12.6. The van der Waals surface area contributed by atoms with E-state index in [9.17, 15) is 9.36 Å². The number of rotatable bonds is 4. The Labute approximate surface area is 86.9 Å². The zero-order valence-electron chi connectivity index (χ0n) is 8.07. The predicted molar refractivity (Wildman–Crippen MR) is 49.8 cm³/mol. The van der Waals surface area contributed by atoms with E-state index in [4.69, 9.17) is 14.9 Å². The lowest BCUT2D eigenvalue weighted by Crippen LogP contribution is -2.39. The largest absolute Gasteiger partial charge is 0.470 e. The summed E-state index contributed by atoms with van der Waals surface area (Å²) in [6.45, 7) is -0.295. The molecule has 0 radical (unpaired) electrons. The van der Waals surface area contributed by atoms with Crippen molar-refractivity contribution in [3.8, 4) is 0 Å². The number of phosphoric acid groups is 1. The first-order valence-electron chi connectivity index (χ1n) is 4.54. The van der Waals surface area contributed by atoms with E-state index < -0.39 is 20.3 Å². The third-order valence-electron chi connectivity index (χ3n) is 2.26. The molecule has 0 aromatic heterocycles. The van der Waals surface area contributed by atoms with Crippen LogP contribution in [0, 0.1) is 0 Å². The number of phosphoric ester groups is 1. The number of hydrogen-bond donors (Lipinski definition) is 3. The highest BCUT2D eigenvalue weighted by Crippen LogP contribution is 2.35. The van der Waals surface area contributed by atoms with Gasteiger partial charge in [-0.25, -0.2) is 4.57 Å². The van der Waals surface area contributed by atoms with E-state index in [1.54, 1.807) is 0 Å². The molecule has 1 heterocycles. The van der Waals surface area contributed by atoms with Gasteiger partial charge in [0.1, 0.15) is 6.61 Å². The fraction of sp³-hybridized carbons (Fsp3) is 0.857. The Balaban J connectivity index is 2.43. The molecule has 88 valence electrons. The normalized spacial score (nSPS) is 22.1. The van der Waals surface area contributed by atoms with Crippen LogP contribution < -0.4 is 0 Å². The lowest BCUT2D eigenvalue weighted by Gasteiger charge is -2.22. The lowest BCUT2D eigenvalue weighted by molar-refractivity contribution is -0.135. The monoisotopic (exact) mass is 239 g/mol. The van der Waals surface area contributed by atoms with Crippen LogP contribution in [-0.2, 0) is 13.9 Å². The lowest BCUT2D eigenvalue weighted by atomic mass is 10.2. The van der Waals surface area contributed by atoms with E-state index in [1.807, 2.05) is 0 Å². The fourth-order valence-electron chi connectivity index (χ4n) is 1.58. The van der Waals surface area contributed by atoms with Gasteiger partial charge in [0, 0.05) is 6.54 Å². The van der Waals surface area contributed by atoms with Crippen molar-refractivity contribution in [3.05, 3.63) is 0 Å². The molecule has 1 saturated heterocycles. The van der Waals surface area contributed by atoms with Crippen LogP contribution in [-0.4, -0.2) is 51.5 Å². The van der Waals surface area contributed by atoms with Crippen LogP contribution in [0.2, 0.25) is 0 Å². The molecule has 7 nitrogen and oxygen atoms in total. The average molecular weight is 239 g/mol. The van der Waals surface area contributed by atoms with Crippen LogP contribution in [0.1, 0.15) is 12.8 Å². The van der Waals surface area contributed by atoms with E-state index in [-0.39, 0.29) is 12.6 Å². The minimum atomic E-state index is -4.60. The van der Waals surface area contributed by atoms with Gasteiger partial charge in [-0.1, -0.05) is 0 Å². The molecule has 0 aromatic carbocycles. The zero-order chi connectivity index (χ0) is 11.5. The van der Waals surface area contributed by atoms with Gasteiger partial charge in [0.05, 0.1) is 12.6 Å². The van der Waals surface area contributed by atoms with Crippen molar-refractivity contribution in [1.29, 1.82) is 0 Å². The third-order valence-corrected chi connectivity index (χ3v) is 2.73. The summed E-state index contributed by atoms with van der Waals surface area (Å²) in [5, 5.41) is 8.93. The molecule has 3 N–H and O–H groups in total. The maximum absolute atomic E-state index is 11.4. The first-order chi connectivity index (χ1) is 6.94. The number of aliphatic hydroxyl groups excluding tert-OH is 1. The summed E-state index contributed by atoms with van der Waals surface area (Å²) < 4.78 is 14.4. The zero-order valence-corrected chi connectivity index (χ0v) is 8.97. The molecular formula is C7H14NO6P. The molecule has 1 atom stereocenters. The Morgan fingerprint density at radius 3 is 2.73 bits per heavy atom. The summed E-state index contributed by atoms with van der Waals surface area (Å²) in [6, 6.07) is -0.252. The SMILES string of the molecule is O=C(COP(=O)(O)O)N1CCCC1CO. The minimum absolute atomic E-state index is 0.137. The molecule has 0 saturated carbocycles. The van der Waals surface area contributed by atoms with E-state index in [1.165, 1.54) is 4.90 Å². The average Bonchev–Trinajstić information content (AvgIpc) is 2.60. The Morgan fingerprint density at radius 2 is 2.20 bits per heavy atom. The molecule has 1 fully saturated rings. The van der Waals surface area contributed by atoms with Gasteiger partial charge in [0.25, 0.3) is 0 Å². The van der Waals surface area contributed by atoms with Gasteiger partial charge < -0.3 is 19.8 Å². The van der Waals surface area contributed by atoms with Crippen LogP contribution in [0.4, 0.5) is 0 Å². The van der Waals surface area contributed by atoms with Gasteiger partial charge in [0.15, 0.2) is 0 Å². The standard InChI is InChI=1S/C7H14NO6P/c9-4-6-2-1-3-8(6)7(10)5-14-15(11,12)13/h6,9H,1-5H2,(H2,11,12,13). The van der Waals surface area contributed by atoms with Gasteiger partial charge in [-0.15, -0.1) is 0 Å². The Morgan fingerprint density at radius 1 is 1.53 bits per heavy atom. The molecule has 1 amide bonds. The molecule has 0 aromatic rings. The second kappa shape index (κ2) is 5.05. The molecule has 0 aliphatic carbocycles. The molecule has 0 bridgehead atoms. The number of amides is 1. The molecule has 1 aliphatic rings. The van der Waals surface area contributed by atoms with Gasteiger partial charge >= 0.3 is 7.82 Å². The number of carbonyl (C=O) groups is 1. The fourth-order valence-corrected chi connectivity index (χ4v) is 1.85. The Bertz CT molecular complexity index is 277. The Hall–Kier alpha value is -0.460. The van der Waals surface area contributed by atoms with Crippen molar-refractivity contribution in [1.82, 2.24) is 4.90 Å². The summed E-state index contributed by atoms with van der Waals surface area (Å²) >= 11 is 0. The van der Waals surface area contributed by atoms with E-state index in [2.05, 4.69) is 4.52 Å². The van der Waals surface area contributed by atoms with Crippen molar-refractivity contribution < 1.29 is 28.8 Å². The van der Waals surface area contributed by atoms with Gasteiger partial charge in [-0.05, 0) is 12.8 Å².